The first-order chi connectivity index (χ1) is 15.5. The Morgan fingerprint density at radius 2 is 1.97 bits per heavy atom. The van der Waals surface area contributed by atoms with Crippen molar-refractivity contribution in [2.24, 2.45) is 0 Å². The maximum Gasteiger partial charge on any atom is 0.248 e. The van der Waals surface area contributed by atoms with Gasteiger partial charge in [0.1, 0.15) is 17.7 Å². The van der Waals surface area contributed by atoms with E-state index in [9.17, 15) is 18.7 Å². The van der Waals surface area contributed by atoms with Crippen LogP contribution in [0.2, 0.25) is 0 Å². The lowest BCUT2D eigenvalue weighted by Gasteiger charge is -2.42. The average Bonchev–Trinajstić information content (AvgIpc) is 2.79. The number of alkyl halides is 1. The Bertz CT molecular complexity index is 1180. The number of nitrogens with zero attached hydrogens (tertiary/aromatic N) is 2. The number of ether oxygens (including phenoxy) is 1. The monoisotopic (exact) mass is 440 g/mol. The third-order valence-corrected chi connectivity index (χ3v) is 6.13. The average molecular weight is 440 g/mol. The summed E-state index contributed by atoms with van der Waals surface area (Å²) in [5.74, 6) is -0.645. The highest BCUT2D eigenvalue weighted by Gasteiger charge is 2.41. The van der Waals surface area contributed by atoms with Gasteiger partial charge in [-0.2, -0.15) is 0 Å². The summed E-state index contributed by atoms with van der Waals surface area (Å²) < 4.78 is 35.2. The summed E-state index contributed by atoms with van der Waals surface area (Å²) in [6.45, 7) is 0. The fourth-order valence-corrected chi connectivity index (χ4v) is 4.56. The Balaban J connectivity index is 1.36. The third kappa shape index (κ3) is 3.95. The lowest BCUT2D eigenvalue weighted by Crippen LogP contribution is -2.59. The normalized spacial score (nSPS) is 24.8. The quantitative estimate of drug-likeness (QED) is 0.576. The first-order valence-corrected chi connectivity index (χ1v) is 10.6. The van der Waals surface area contributed by atoms with Crippen LogP contribution in [0.15, 0.2) is 47.4 Å². The molecule has 3 N–H and O–H groups in total. The van der Waals surface area contributed by atoms with Crippen molar-refractivity contribution in [1.29, 1.82) is 0 Å². The summed E-state index contributed by atoms with van der Waals surface area (Å²) in [6, 6.07) is 8.30. The second-order valence-electron chi connectivity index (χ2n) is 8.29. The Hall–Kier alpha value is -3.33. The van der Waals surface area contributed by atoms with Crippen molar-refractivity contribution in [1.82, 2.24) is 20.5 Å². The molecule has 9 heteroatoms. The molecule has 7 nitrogen and oxygen atoms in total. The van der Waals surface area contributed by atoms with E-state index < -0.39 is 18.1 Å². The molecule has 4 heterocycles. The lowest BCUT2D eigenvalue weighted by molar-refractivity contribution is 0.00652. The van der Waals surface area contributed by atoms with Crippen LogP contribution in [0.1, 0.15) is 25.7 Å². The topological polar surface area (TPSA) is 100 Å². The summed E-state index contributed by atoms with van der Waals surface area (Å²) in [5.41, 5.74) is 0.450. The summed E-state index contributed by atoms with van der Waals surface area (Å²) in [7, 11) is 0. The molecule has 166 valence electrons. The zero-order valence-electron chi connectivity index (χ0n) is 17.1. The first kappa shape index (κ1) is 20.6. The highest BCUT2D eigenvalue weighted by atomic mass is 19.1. The SMILES string of the molecule is O=c1cc(-c2cc(O)c(-c3ccc(O[C@H]4C[C@@H]5CCC[C@@H](N5)[C@H]4F)nn3)cc2F)cc[nH]1. The van der Waals surface area contributed by atoms with Crippen LogP contribution in [-0.2, 0) is 0 Å². The second-order valence-corrected chi connectivity index (χ2v) is 8.29. The standard InChI is InChI=1S/C23H22F2N4O3/c24-16-10-15(19(30)11-14(16)12-6-7-26-21(31)8-12)17-4-5-22(29-28-17)32-20-9-13-2-1-3-18(27-13)23(20)25/h4-8,10-11,13,18,20,23,27,30H,1-3,9H2,(H,26,31)/t13-,18+,20-,23+/m0/s1. The molecule has 3 aromatic rings. The summed E-state index contributed by atoms with van der Waals surface area (Å²) in [4.78, 5) is 14.0. The number of aromatic nitrogens is 3. The van der Waals surface area contributed by atoms with Crippen LogP contribution >= 0.6 is 0 Å². The van der Waals surface area contributed by atoms with Crippen molar-refractivity contribution in [2.45, 2.75) is 50.0 Å². The number of phenols is 1. The summed E-state index contributed by atoms with van der Waals surface area (Å²) >= 11 is 0. The Labute approximate surface area is 182 Å². The van der Waals surface area contributed by atoms with Gasteiger partial charge >= 0.3 is 0 Å². The van der Waals surface area contributed by atoms with Gasteiger partial charge in [0.05, 0.1) is 5.69 Å². The molecule has 2 aliphatic rings. The Kier molecular flexibility index (Phi) is 5.34. The molecule has 5 rings (SSSR count). The molecule has 0 saturated carbocycles. The fourth-order valence-electron chi connectivity index (χ4n) is 4.56. The third-order valence-electron chi connectivity index (χ3n) is 6.13. The van der Waals surface area contributed by atoms with Crippen LogP contribution < -0.4 is 15.6 Å². The number of phenolic OH excluding ortho intramolecular Hbond substituents is 1. The zero-order chi connectivity index (χ0) is 22.2. The molecule has 2 saturated heterocycles. The van der Waals surface area contributed by atoms with E-state index >= 15 is 0 Å². The number of aromatic amines is 1. The second kappa shape index (κ2) is 8.31. The first-order valence-electron chi connectivity index (χ1n) is 10.6. The van der Waals surface area contributed by atoms with E-state index in [-0.39, 0.29) is 46.1 Å². The summed E-state index contributed by atoms with van der Waals surface area (Å²) in [6.07, 6.45) is 3.08. The van der Waals surface area contributed by atoms with Gasteiger partial charge in [-0.05, 0) is 42.7 Å². The molecular formula is C23H22F2N4O3. The molecule has 2 fully saturated rings. The molecule has 0 unspecified atom stereocenters. The number of hydrogen-bond donors (Lipinski definition) is 3. The number of nitrogens with one attached hydrogen (secondary N) is 2. The smallest absolute Gasteiger partial charge is 0.248 e. The number of fused-ring (bicyclic) bond motifs is 2. The van der Waals surface area contributed by atoms with Gasteiger partial charge in [-0.25, -0.2) is 8.78 Å². The Morgan fingerprint density at radius 3 is 2.75 bits per heavy atom. The maximum absolute atomic E-state index is 14.7. The molecular weight excluding hydrogens is 418 g/mol. The number of pyridine rings is 1. The molecule has 4 atom stereocenters. The van der Waals surface area contributed by atoms with Crippen LogP contribution in [0.3, 0.4) is 0 Å². The molecule has 0 aliphatic carbocycles. The van der Waals surface area contributed by atoms with Crippen molar-refractivity contribution in [3.05, 3.63) is 58.8 Å². The largest absolute Gasteiger partial charge is 0.507 e. The predicted octanol–water partition coefficient (Wildman–Crippen LogP) is 3.34. The number of hydrogen-bond acceptors (Lipinski definition) is 6. The van der Waals surface area contributed by atoms with E-state index in [0.717, 1.165) is 25.3 Å². The lowest BCUT2D eigenvalue weighted by atomic mass is 9.84. The predicted molar refractivity (Wildman–Crippen MR) is 114 cm³/mol. The van der Waals surface area contributed by atoms with E-state index in [4.69, 9.17) is 4.74 Å². The van der Waals surface area contributed by atoms with Crippen LogP contribution in [0, 0.1) is 5.82 Å². The van der Waals surface area contributed by atoms with E-state index in [1.54, 1.807) is 6.07 Å². The van der Waals surface area contributed by atoms with Gasteiger partial charge in [-0.1, -0.05) is 6.42 Å². The molecule has 2 aliphatic heterocycles. The molecule has 0 spiro atoms. The van der Waals surface area contributed by atoms with Crippen LogP contribution in [0.5, 0.6) is 11.6 Å². The minimum absolute atomic E-state index is 0.0932. The van der Waals surface area contributed by atoms with E-state index in [0.29, 0.717) is 12.0 Å². The van der Waals surface area contributed by atoms with Gasteiger partial charge in [0.25, 0.3) is 0 Å². The minimum Gasteiger partial charge on any atom is -0.507 e. The van der Waals surface area contributed by atoms with Gasteiger partial charge in [0.15, 0.2) is 6.17 Å². The highest BCUT2D eigenvalue weighted by Crippen LogP contribution is 2.35. The molecule has 32 heavy (non-hydrogen) atoms. The van der Waals surface area contributed by atoms with Crippen molar-refractivity contribution < 1.29 is 18.6 Å². The van der Waals surface area contributed by atoms with Crippen molar-refractivity contribution in [3.63, 3.8) is 0 Å². The number of H-pyrrole nitrogens is 1. The van der Waals surface area contributed by atoms with E-state index in [1.165, 1.54) is 30.5 Å². The fraction of sp³-hybridized carbons (Fsp3) is 0.348. The van der Waals surface area contributed by atoms with Gasteiger partial charge in [-0.3, -0.25) is 4.79 Å². The number of halogens is 2. The van der Waals surface area contributed by atoms with Crippen LogP contribution in [0.25, 0.3) is 22.4 Å². The Morgan fingerprint density at radius 1 is 1.09 bits per heavy atom. The van der Waals surface area contributed by atoms with Crippen molar-refractivity contribution in [3.8, 4) is 34.0 Å². The molecule has 0 amide bonds. The summed E-state index contributed by atoms with van der Waals surface area (Å²) in [5, 5.41) is 21.8. The number of rotatable bonds is 4. The zero-order valence-corrected chi connectivity index (χ0v) is 17.1. The molecule has 2 bridgehead atoms. The van der Waals surface area contributed by atoms with E-state index in [2.05, 4.69) is 20.5 Å². The van der Waals surface area contributed by atoms with Crippen LogP contribution in [-0.4, -0.2) is 44.6 Å². The van der Waals surface area contributed by atoms with Gasteiger partial charge < -0.3 is 20.1 Å². The molecule has 0 radical (unpaired) electrons. The van der Waals surface area contributed by atoms with Gasteiger partial charge in [0, 0.05) is 48.0 Å². The number of benzene rings is 1. The maximum atomic E-state index is 14.7. The molecule has 1 aromatic carbocycles. The van der Waals surface area contributed by atoms with Crippen LogP contribution in [0.4, 0.5) is 8.78 Å². The van der Waals surface area contributed by atoms with Crippen molar-refractivity contribution in [2.75, 3.05) is 0 Å². The highest BCUT2D eigenvalue weighted by molar-refractivity contribution is 5.74. The molecule has 2 aromatic heterocycles. The number of aromatic hydroxyl groups is 1. The van der Waals surface area contributed by atoms with E-state index in [1.807, 2.05) is 0 Å². The van der Waals surface area contributed by atoms with Gasteiger partial charge in [-0.15, -0.1) is 10.2 Å². The van der Waals surface area contributed by atoms with Gasteiger partial charge in [0.2, 0.25) is 11.4 Å². The van der Waals surface area contributed by atoms with Crippen molar-refractivity contribution >= 4 is 0 Å². The minimum atomic E-state index is -1.12. The number of piperidine rings is 2.